The van der Waals surface area contributed by atoms with Crippen LogP contribution in [0.5, 0.6) is 0 Å². The molecule has 1 saturated heterocycles. The molecule has 1 aromatic rings. The smallest absolute Gasteiger partial charge is 0.308 e. The largest absolute Gasteiger partial charge is 0.416 e. The summed E-state index contributed by atoms with van der Waals surface area (Å²) in [5.41, 5.74) is -1.75. The summed E-state index contributed by atoms with van der Waals surface area (Å²) in [5, 5.41) is -1.28. The molecule has 0 bridgehead atoms. The van der Waals surface area contributed by atoms with Crippen molar-refractivity contribution in [2.24, 2.45) is 0 Å². The Bertz CT molecular complexity index is 689. The number of carbonyl (C=O) groups is 1. The Hall–Kier alpha value is -1.35. The normalized spacial score (nSPS) is 20.1. The second-order valence-corrected chi connectivity index (χ2v) is 7.38. The molecule has 1 aliphatic heterocycles. The van der Waals surface area contributed by atoms with E-state index in [0.29, 0.717) is 23.1 Å². The molecule has 4 nitrogen and oxygen atoms in total. The Kier molecular flexibility index (Phi) is 3.92. The number of anilines is 1. The van der Waals surface area contributed by atoms with E-state index in [-0.39, 0.29) is 0 Å². The highest BCUT2D eigenvalue weighted by Gasteiger charge is 2.40. The molecule has 21 heavy (non-hydrogen) atoms. The summed E-state index contributed by atoms with van der Waals surface area (Å²) in [5.74, 6) is -1.86. The average Bonchev–Trinajstić information content (AvgIpc) is 2.70. The van der Waals surface area contributed by atoms with E-state index in [4.69, 9.17) is 10.7 Å². The van der Waals surface area contributed by atoms with Gasteiger partial charge in [-0.2, -0.15) is 13.2 Å². The Morgan fingerprint density at radius 2 is 1.90 bits per heavy atom. The lowest BCUT2D eigenvalue weighted by Gasteiger charge is -2.18. The Balaban J connectivity index is 2.41. The molecule has 10 heteroatoms. The first kappa shape index (κ1) is 16.0. The predicted octanol–water partition coefficient (Wildman–Crippen LogP) is 2.52. The van der Waals surface area contributed by atoms with Crippen molar-refractivity contribution in [3.8, 4) is 0 Å². The molecule has 0 saturated carbocycles. The number of carbonyl (C=O) groups excluding carboxylic acids is 1. The summed E-state index contributed by atoms with van der Waals surface area (Å²) < 4.78 is 73.8. The fourth-order valence-corrected chi connectivity index (χ4v) is 3.02. The number of hydrogen-bond acceptors (Lipinski definition) is 3. The van der Waals surface area contributed by atoms with Crippen molar-refractivity contribution >= 4 is 31.3 Å². The highest BCUT2D eigenvalue weighted by atomic mass is 35.7. The minimum atomic E-state index is -4.71. The summed E-state index contributed by atoms with van der Waals surface area (Å²) in [6, 6.07) is 1.58. The monoisotopic (exact) mass is 345 g/mol. The van der Waals surface area contributed by atoms with E-state index in [2.05, 4.69) is 0 Å². The lowest BCUT2D eigenvalue weighted by atomic mass is 10.1. The van der Waals surface area contributed by atoms with Crippen molar-refractivity contribution in [1.29, 1.82) is 0 Å². The minimum Gasteiger partial charge on any atom is -0.308 e. The molecule has 1 fully saturated rings. The third-order valence-corrected chi connectivity index (χ3v) is 4.92. The summed E-state index contributed by atoms with van der Waals surface area (Å²) in [4.78, 5) is 12.4. The van der Waals surface area contributed by atoms with Gasteiger partial charge in [0, 0.05) is 23.6 Å². The van der Waals surface area contributed by atoms with Crippen molar-refractivity contribution in [3.05, 3.63) is 29.6 Å². The first-order chi connectivity index (χ1) is 9.50. The van der Waals surface area contributed by atoms with Gasteiger partial charge in [0.25, 0.3) is 0 Å². The van der Waals surface area contributed by atoms with Crippen LogP contribution in [0.4, 0.5) is 23.2 Å². The fraction of sp³-hybridized carbons (Fsp3) is 0.364. The minimum absolute atomic E-state index is 0.469. The second-order valence-electron chi connectivity index (χ2n) is 4.47. The van der Waals surface area contributed by atoms with Crippen LogP contribution in [0.25, 0.3) is 0 Å². The average molecular weight is 346 g/mol. The van der Waals surface area contributed by atoms with Gasteiger partial charge in [-0.15, -0.1) is 0 Å². The van der Waals surface area contributed by atoms with Crippen LogP contribution in [0.15, 0.2) is 18.2 Å². The van der Waals surface area contributed by atoms with Gasteiger partial charge in [-0.3, -0.25) is 4.79 Å². The maximum Gasteiger partial charge on any atom is 0.416 e. The summed E-state index contributed by atoms with van der Waals surface area (Å²) in [7, 11) is 1.06. The molecule has 0 spiro atoms. The van der Waals surface area contributed by atoms with Gasteiger partial charge < -0.3 is 4.90 Å². The van der Waals surface area contributed by atoms with Crippen LogP contribution in [-0.4, -0.2) is 26.1 Å². The lowest BCUT2D eigenvalue weighted by Crippen LogP contribution is -2.28. The second kappa shape index (κ2) is 5.13. The third-order valence-electron chi connectivity index (χ3n) is 3.05. The number of benzene rings is 1. The van der Waals surface area contributed by atoms with E-state index >= 15 is 0 Å². The van der Waals surface area contributed by atoms with Gasteiger partial charge in [0.15, 0.2) is 0 Å². The highest BCUT2D eigenvalue weighted by Crippen LogP contribution is 2.35. The fourth-order valence-electron chi connectivity index (χ4n) is 1.99. The highest BCUT2D eigenvalue weighted by molar-refractivity contribution is 8.14. The number of nitrogens with zero attached hydrogens (tertiary/aromatic N) is 1. The zero-order valence-electron chi connectivity index (χ0n) is 10.2. The van der Waals surface area contributed by atoms with E-state index in [0.717, 1.165) is 0 Å². The molecular weight excluding hydrogens is 338 g/mol. The summed E-state index contributed by atoms with van der Waals surface area (Å²) in [6.45, 7) is -0.483. The van der Waals surface area contributed by atoms with Crippen molar-refractivity contribution in [2.45, 2.75) is 17.8 Å². The molecule has 2 rings (SSSR count). The van der Waals surface area contributed by atoms with Gasteiger partial charge in [-0.1, -0.05) is 0 Å². The van der Waals surface area contributed by atoms with Gasteiger partial charge in [-0.25, -0.2) is 12.8 Å². The first-order valence-corrected chi connectivity index (χ1v) is 7.98. The quantitative estimate of drug-likeness (QED) is 0.611. The standard InChI is InChI=1S/C11H8ClF4NO3S/c12-21(19,20)7-4-10(18)17(5-7)9-3-6(11(14,15)16)1-2-8(9)13/h1-3,7H,4-5H2. The van der Waals surface area contributed by atoms with Gasteiger partial charge in [0.1, 0.15) is 11.1 Å². The Labute approximate surface area is 121 Å². The van der Waals surface area contributed by atoms with Crippen LogP contribution >= 0.6 is 10.7 Å². The molecule has 1 heterocycles. The Morgan fingerprint density at radius 1 is 1.29 bits per heavy atom. The first-order valence-electron chi connectivity index (χ1n) is 5.60. The number of halogens is 5. The SMILES string of the molecule is O=C1CC(S(=O)(=O)Cl)CN1c1cc(C(F)(F)F)ccc1F. The van der Waals surface area contributed by atoms with E-state index in [9.17, 15) is 30.8 Å². The molecule has 0 radical (unpaired) electrons. The number of hydrogen-bond donors (Lipinski definition) is 0. The van der Waals surface area contributed by atoms with E-state index in [1.54, 1.807) is 0 Å². The Morgan fingerprint density at radius 3 is 2.38 bits per heavy atom. The van der Waals surface area contributed by atoms with Crippen molar-refractivity contribution in [1.82, 2.24) is 0 Å². The molecule has 0 N–H and O–H groups in total. The molecule has 1 unspecified atom stereocenters. The van der Waals surface area contributed by atoms with E-state index in [1.807, 2.05) is 0 Å². The van der Waals surface area contributed by atoms with Crippen LogP contribution in [0.2, 0.25) is 0 Å². The number of amides is 1. The molecule has 0 aliphatic carbocycles. The molecule has 1 aliphatic rings. The maximum absolute atomic E-state index is 13.7. The van der Waals surface area contributed by atoms with Crippen molar-refractivity contribution in [3.63, 3.8) is 0 Å². The summed E-state index contributed by atoms with van der Waals surface area (Å²) >= 11 is 0. The number of rotatable bonds is 2. The topological polar surface area (TPSA) is 54.5 Å². The van der Waals surface area contributed by atoms with Crippen molar-refractivity contribution in [2.75, 3.05) is 11.4 Å². The van der Waals surface area contributed by atoms with Crippen molar-refractivity contribution < 1.29 is 30.8 Å². The van der Waals surface area contributed by atoms with Gasteiger partial charge in [0.05, 0.1) is 11.3 Å². The van der Waals surface area contributed by atoms with Crippen LogP contribution in [0.3, 0.4) is 0 Å². The summed E-state index contributed by atoms with van der Waals surface area (Å²) in [6.07, 6.45) is -5.20. The number of alkyl halides is 3. The molecular formula is C11H8ClF4NO3S. The molecule has 0 aromatic heterocycles. The third kappa shape index (κ3) is 3.29. The maximum atomic E-state index is 13.7. The van der Waals surface area contributed by atoms with Gasteiger partial charge in [0.2, 0.25) is 15.0 Å². The van der Waals surface area contributed by atoms with Crippen LogP contribution in [-0.2, 0) is 20.0 Å². The zero-order chi connectivity index (χ0) is 16.0. The van der Waals surface area contributed by atoms with E-state index < -0.39 is 56.4 Å². The van der Waals surface area contributed by atoms with Crippen LogP contribution < -0.4 is 4.90 Å². The predicted molar refractivity (Wildman–Crippen MR) is 66.9 cm³/mol. The van der Waals surface area contributed by atoms with Crippen LogP contribution in [0.1, 0.15) is 12.0 Å². The van der Waals surface area contributed by atoms with Gasteiger partial charge >= 0.3 is 6.18 Å². The molecule has 1 amide bonds. The zero-order valence-corrected chi connectivity index (χ0v) is 11.8. The molecule has 1 atom stereocenters. The van der Waals surface area contributed by atoms with Gasteiger partial charge in [-0.05, 0) is 18.2 Å². The van der Waals surface area contributed by atoms with Crippen LogP contribution in [0, 0.1) is 5.82 Å². The molecule has 116 valence electrons. The molecule has 1 aromatic carbocycles. The van der Waals surface area contributed by atoms with E-state index in [1.165, 1.54) is 0 Å². The lowest BCUT2D eigenvalue weighted by molar-refractivity contribution is -0.137.